The quantitative estimate of drug-likeness (QED) is 0.614. The third kappa shape index (κ3) is 2.56. The Bertz CT molecular complexity index is 348. The fourth-order valence-corrected chi connectivity index (χ4v) is 2.44. The number of carboxylic acids is 1. The Balaban J connectivity index is 1.97. The van der Waals surface area contributed by atoms with E-state index in [9.17, 15) is 14.7 Å². The van der Waals surface area contributed by atoms with E-state index >= 15 is 0 Å². The summed E-state index contributed by atoms with van der Waals surface area (Å²) >= 11 is 0. The van der Waals surface area contributed by atoms with Crippen LogP contribution >= 0.6 is 0 Å². The second-order valence-electron chi connectivity index (χ2n) is 4.82. The molecule has 2 heterocycles. The number of carbonyl (C=O) groups excluding carboxylic acids is 1. The van der Waals surface area contributed by atoms with Crippen molar-refractivity contribution in [3.05, 3.63) is 0 Å². The van der Waals surface area contributed by atoms with Gasteiger partial charge in [0.2, 0.25) is 0 Å². The van der Waals surface area contributed by atoms with Crippen LogP contribution in [0.5, 0.6) is 0 Å². The van der Waals surface area contributed by atoms with E-state index in [1.807, 2.05) is 6.92 Å². The number of carboxylic acid groups (broad SMARTS) is 1. The summed E-state index contributed by atoms with van der Waals surface area (Å²) in [5.74, 6) is -1.09. The lowest BCUT2D eigenvalue weighted by atomic mass is 10.1. The third-order valence-electron chi connectivity index (χ3n) is 3.51. The van der Waals surface area contributed by atoms with E-state index in [4.69, 9.17) is 9.84 Å². The van der Waals surface area contributed by atoms with Crippen LogP contribution in [0.15, 0.2) is 0 Å². The van der Waals surface area contributed by atoms with Crippen LogP contribution in [0.25, 0.3) is 0 Å². The zero-order valence-electron chi connectivity index (χ0n) is 10.2. The first-order valence-corrected chi connectivity index (χ1v) is 6.08. The van der Waals surface area contributed by atoms with Gasteiger partial charge >= 0.3 is 12.0 Å². The zero-order chi connectivity index (χ0) is 13.3. The van der Waals surface area contributed by atoms with Gasteiger partial charge in [0.15, 0.2) is 0 Å². The van der Waals surface area contributed by atoms with Gasteiger partial charge in [-0.25, -0.2) is 9.59 Å². The minimum Gasteiger partial charge on any atom is -0.480 e. The molecule has 2 aliphatic heterocycles. The van der Waals surface area contributed by atoms with Crippen molar-refractivity contribution in [2.24, 2.45) is 0 Å². The smallest absolute Gasteiger partial charge is 0.326 e. The van der Waals surface area contributed by atoms with Gasteiger partial charge in [0.25, 0.3) is 0 Å². The summed E-state index contributed by atoms with van der Waals surface area (Å²) in [6, 6.07) is -1.48. The zero-order valence-corrected chi connectivity index (χ0v) is 10.2. The molecule has 3 N–H and O–H groups in total. The summed E-state index contributed by atoms with van der Waals surface area (Å²) in [6.45, 7) is 2.52. The van der Waals surface area contributed by atoms with Crippen molar-refractivity contribution < 1.29 is 24.5 Å². The Morgan fingerprint density at radius 3 is 2.72 bits per heavy atom. The Morgan fingerprint density at radius 1 is 1.44 bits per heavy atom. The molecule has 2 aliphatic rings. The highest BCUT2D eigenvalue weighted by atomic mass is 16.5. The summed E-state index contributed by atoms with van der Waals surface area (Å²) in [4.78, 5) is 24.2. The number of aliphatic carboxylic acids is 1. The molecule has 2 rings (SSSR count). The second-order valence-corrected chi connectivity index (χ2v) is 4.82. The molecule has 0 aromatic rings. The first kappa shape index (κ1) is 13.1. The number of nitrogens with one attached hydrogen (secondary N) is 1. The van der Waals surface area contributed by atoms with Crippen molar-refractivity contribution in [3.8, 4) is 0 Å². The highest BCUT2D eigenvalue weighted by Gasteiger charge is 2.40. The van der Waals surface area contributed by atoms with Crippen LogP contribution in [0.4, 0.5) is 4.79 Å². The fourth-order valence-electron chi connectivity index (χ4n) is 2.44. The number of likely N-dealkylation sites (tertiary alicyclic amines) is 1. The molecule has 4 atom stereocenters. The molecule has 4 unspecified atom stereocenters. The van der Waals surface area contributed by atoms with Gasteiger partial charge in [0.1, 0.15) is 6.04 Å². The lowest BCUT2D eigenvalue weighted by molar-refractivity contribution is -0.141. The van der Waals surface area contributed by atoms with Gasteiger partial charge in [-0.3, -0.25) is 0 Å². The monoisotopic (exact) mass is 258 g/mol. The number of carbonyl (C=O) groups is 2. The topological polar surface area (TPSA) is 99.1 Å². The second kappa shape index (κ2) is 5.11. The number of rotatable bonds is 2. The molecular weight excluding hydrogens is 240 g/mol. The minimum atomic E-state index is -1.09. The average Bonchev–Trinajstić information content (AvgIpc) is 2.86. The number of β-amino-alcohol motifs (C(OH)–C–C–N with tert-alkyl or cyclic N) is 1. The summed E-state index contributed by atoms with van der Waals surface area (Å²) < 4.78 is 5.33. The number of amides is 2. The molecule has 0 aliphatic carbocycles. The number of urea groups is 1. The van der Waals surface area contributed by atoms with Crippen LogP contribution < -0.4 is 5.32 Å². The molecule has 2 fully saturated rings. The standard InChI is InChI=1S/C11H18N2O5/c1-6-8(2-3-18-6)12-11(17)13-5-7(14)4-9(13)10(15)16/h6-9,14H,2-5H2,1H3,(H,12,17)(H,15,16). The normalized spacial score (nSPS) is 35.8. The van der Waals surface area contributed by atoms with Crippen molar-refractivity contribution in [1.82, 2.24) is 10.2 Å². The van der Waals surface area contributed by atoms with Crippen LogP contribution in [0.1, 0.15) is 19.8 Å². The molecule has 0 aromatic heterocycles. The van der Waals surface area contributed by atoms with E-state index in [-0.39, 0.29) is 25.1 Å². The molecule has 0 spiro atoms. The number of hydrogen-bond acceptors (Lipinski definition) is 4. The van der Waals surface area contributed by atoms with Crippen molar-refractivity contribution in [1.29, 1.82) is 0 Å². The Hall–Kier alpha value is -1.34. The molecule has 7 nitrogen and oxygen atoms in total. The molecule has 0 radical (unpaired) electrons. The van der Waals surface area contributed by atoms with Crippen molar-refractivity contribution in [3.63, 3.8) is 0 Å². The van der Waals surface area contributed by atoms with Crippen molar-refractivity contribution >= 4 is 12.0 Å². The van der Waals surface area contributed by atoms with Crippen LogP contribution in [-0.2, 0) is 9.53 Å². The van der Waals surface area contributed by atoms with E-state index in [2.05, 4.69) is 5.32 Å². The fraction of sp³-hybridized carbons (Fsp3) is 0.818. The molecule has 7 heteroatoms. The number of aliphatic hydroxyl groups excluding tert-OH is 1. The van der Waals surface area contributed by atoms with Gasteiger partial charge in [-0.15, -0.1) is 0 Å². The maximum atomic E-state index is 12.0. The Kier molecular flexibility index (Phi) is 3.72. The SMILES string of the molecule is CC1OCCC1NC(=O)N1CC(O)CC1C(=O)O. The summed E-state index contributed by atoms with van der Waals surface area (Å²) in [7, 11) is 0. The maximum absolute atomic E-state index is 12.0. The minimum absolute atomic E-state index is 0.0603. The summed E-state index contributed by atoms with van der Waals surface area (Å²) in [6.07, 6.45) is -0.0283. The average molecular weight is 258 g/mol. The largest absolute Gasteiger partial charge is 0.480 e. The van der Waals surface area contributed by atoms with Crippen LogP contribution in [0, 0.1) is 0 Å². The molecule has 0 saturated carbocycles. The molecule has 0 aromatic carbocycles. The van der Waals surface area contributed by atoms with E-state index in [0.717, 1.165) is 6.42 Å². The highest BCUT2D eigenvalue weighted by Crippen LogP contribution is 2.19. The van der Waals surface area contributed by atoms with Crippen molar-refractivity contribution in [2.75, 3.05) is 13.2 Å². The van der Waals surface area contributed by atoms with Crippen molar-refractivity contribution in [2.45, 2.75) is 44.1 Å². The summed E-state index contributed by atoms with van der Waals surface area (Å²) in [5, 5.41) is 21.2. The van der Waals surface area contributed by atoms with E-state index in [1.165, 1.54) is 4.90 Å². The van der Waals surface area contributed by atoms with Crippen LogP contribution in [0.3, 0.4) is 0 Å². The van der Waals surface area contributed by atoms with Gasteiger partial charge in [0, 0.05) is 19.6 Å². The number of hydrogen-bond donors (Lipinski definition) is 3. The molecule has 2 saturated heterocycles. The van der Waals surface area contributed by atoms with E-state index in [0.29, 0.717) is 6.61 Å². The third-order valence-corrected chi connectivity index (χ3v) is 3.51. The van der Waals surface area contributed by atoms with Gasteiger partial charge < -0.3 is 25.2 Å². The molecule has 102 valence electrons. The van der Waals surface area contributed by atoms with E-state index < -0.39 is 24.1 Å². The van der Waals surface area contributed by atoms with Gasteiger partial charge in [-0.05, 0) is 13.3 Å². The van der Waals surface area contributed by atoms with Gasteiger partial charge in [-0.2, -0.15) is 0 Å². The predicted octanol–water partition coefficient (Wildman–Crippen LogP) is -0.607. The molecule has 2 amide bonds. The molecule has 0 bridgehead atoms. The molecular formula is C11H18N2O5. The Labute approximate surface area is 105 Å². The predicted molar refractivity (Wildman–Crippen MR) is 61.1 cm³/mol. The lowest BCUT2D eigenvalue weighted by Crippen LogP contribution is -2.50. The lowest BCUT2D eigenvalue weighted by Gasteiger charge is -2.25. The number of aliphatic hydroxyl groups is 1. The highest BCUT2D eigenvalue weighted by molar-refractivity contribution is 5.83. The first-order valence-electron chi connectivity index (χ1n) is 6.08. The van der Waals surface area contributed by atoms with E-state index in [1.54, 1.807) is 0 Å². The van der Waals surface area contributed by atoms with Gasteiger partial charge in [-0.1, -0.05) is 0 Å². The van der Waals surface area contributed by atoms with Gasteiger partial charge in [0.05, 0.1) is 18.2 Å². The first-order chi connectivity index (χ1) is 8.49. The Morgan fingerprint density at radius 2 is 2.17 bits per heavy atom. The van der Waals surface area contributed by atoms with Crippen LogP contribution in [0.2, 0.25) is 0 Å². The number of nitrogens with zero attached hydrogens (tertiary/aromatic N) is 1. The summed E-state index contributed by atoms with van der Waals surface area (Å²) in [5.41, 5.74) is 0. The molecule has 18 heavy (non-hydrogen) atoms. The maximum Gasteiger partial charge on any atom is 0.326 e. The van der Waals surface area contributed by atoms with Crippen LogP contribution in [-0.4, -0.2) is 64.6 Å². The number of ether oxygens (including phenoxy) is 1.